The summed E-state index contributed by atoms with van der Waals surface area (Å²) in [5.74, 6) is -0.505. The van der Waals surface area contributed by atoms with Gasteiger partial charge >= 0.3 is 0 Å². The fourth-order valence-electron chi connectivity index (χ4n) is 3.78. The van der Waals surface area contributed by atoms with Crippen molar-refractivity contribution in [3.05, 3.63) is 59.5 Å². The Labute approximate surface area is 173 Å². The number of aromatic nitrogens is 1. The van der Waals surface area contributed by atoms with Gasteiger partial charge in [-0.25, -0.2) is 9.37 Å². The third-order valence-corrected chi connectivity index (χ3v) is 5.35. The van der Waals surface area contributed by atoms with Gasteiger partial charge in [-0.15, -0.1) is 0 Å². The van der Waals surface area contributed by atoms with E-state index < -0.39 is 6.10 Å². The van der Waals surface area contributed by atoms with Crippen LogP contribution >= 0.6 is 0 Å². The highest BCUT2D eigenvalue weighted by Gasteiger charge is 2.36. The fraction of sp³-hybridized carbons (Fsp3) is 0.364. The smallest absolute Gasteiger partial charge is 0.266 e. The van der Waals surface area contributed by atoms with Crippen LogP contribution in [-0.2, 0) is 14.4 Å². The van der Waals surface area contributed by atoms with E-state index in [9.17, 15) is 14.0 Å². The van der Waals surface area contributed by atoms with Gasteiger partial charge < -0.3 is 15.1 Å². The molecule has 2 aliphatic rings. The number of carbonyl (C=O) groups is 2. The first-order valence-corrected chi connectivity index (χ1v) is 10.0. The minimum Gasteiger partial charge on any atom is -0.382 e. The van der Waals surface area contributed by atoms with Crippen LogP contribution in [-0.4, -0.2) is 46.6 Å². The number of benzene rings is 1. The maximum Gasteiger partial charge on any atom is 0.266 e. The van der Waals surface area contributed by atoms with Gasteiger partial charge in [-0.3, -0.25) is 9.59 Å². The monoisotopic (exact) mass is 410 g/mol. The molecule has 1 aromatic heterocycles. The summed E-state index contributed by atoms with van der Waals surface area (Å²) in [6.45, 7) is 2.75. The molecule has 1 fully saturated rings. The molecule has 0 aliphatic carbocycles. The van der Waals surface area contributed by atoms with Gasteiger partial charge in [-0.2, -0.15) is 0 Å². The van der Waals surface area contributed by atoms with Gasteiger partial charge in [-0.05, 0) is 44.0 Å². The van der Waals surface area contributed by atoms with Gasteiger partial charge in [0.1, 0.15) is 11.6 Å². The number of hydrogen-bond acceptors (Lipinski definition) is 5. The zero-order valence-corrected chi connectivity index (χ0v) is 16.7. The minimum absolute atomic E-state index is 0.144. The molecule has 2 aliphatic heterocycles. The number of anilines is 1. The highest BCUT2D eigenvalue weighted by Crippen LogP contribution is 2.23. The maximum absolute atomic E-state index is 13.5. The predicted molar refractivity (Wildman–Crippen MR) is 109 cm³/mol. The van der Waals surface area contributed by atoms with E-state index in [0.29, 0.717) is 36.6 Å². The third-order valence-electron chi connectivity index (χ3n) is 5.35. The summed E-state index contributed by atoms with van der Waals surface area (Å²) in [5, 5.41) is 6.82. The van der Waals surface area contributed by atoms with E-state index in [2.05, 4.69) is 15.5 Å². The molecule has 2 amide bonds. The van der Waals surface area contributed by atoms with Gasteiger partial charge in [0.25, 0.3) is 5.91 Å². The molecule has 2 atom stereocenters. The Morgan fingerprint density at radius 2 is 2.07 bits per heavy atom. The van der Waals surface area contributed by atoms with E-state index in [0.717, 1.165) is 12.1 Å². The van der Waals surface area contributed by atoms with Crippen LogP contribution in [0.4, 0.5) is 10.2 Å². The fourth-order valence-corrected chi connectivity index (χ4v) is 3.78. The first-order valence-electron chi connectivity index (χ1n) is 10.0. The Bertz CT molecular complexity index is 994. The van der Waals surface area contributed by atoms with Gasteiger partial charge in [0.15, 0.2) is 0 Å². The molecule has 0 radical (unpaired) electrons. The van der Waals surface area contributed by atoms with Crippen molar-refractivity contribution in [1.82, 2.24) is 9.88 Å². The highest BCUT2D eigenvalue weighted by molar-refractivity contribution is 6.04. The number of rotatable bonds is 4. The molecule has 4 rings (SSSR count). The number of nitrogens with zero attached hydrogens (tertiary/aromatic N) is 3. The Morgan fingerprint density at radius 1 is 1.23 bits per heavy atom. The first kappa shape index (κ1) is 20.0. The van der Waals surface area contributed by atoms with Gasteiger partial charge in [0.2, 0.25) is 12.0 Å². The predicted octanol–water partition coefficient (Wildman–Crippen LogP) is 2.90. The molecule has 2 aromatic rings. The lowest BCUT2D eigenvalue weighted by atomic mass is 9.96. The number of likely N-dealkylation sites (tertiary alicyclic amines) is 1. The summed E-state index contributed by atoms with van der Waals surface area (Å²) in [6.07, 6.45) is 0.972. The van der Waals surface area contributed by atoms with Gasteiger partial charge in [0, 0.05) is 30.8 Å². The topological polar surface area (TPSA) is 83.9 Å². The summed E-state index contributed by atoms with van der Waals surface area (Å²) in [5.41, 5.74) is 1.97. The molecule has 1 aromatic carbocycles. The van der Waals surface area contributed by atoms with Gasteiger partial charge in [-0.1, -0.05) is 23.4 Å². The number of pyridine rings is 1. The lowest BCUT2D eigenvalue weighted by Crippen LogP contribution is -2.47. The lowest BCUT2D eigenvalue weighted by molar-refractivity contribution is -0.144. The summed E-state index contributed by atoms with van der Waals surface area (Å²) >= 11 is 0. The number of nitrogens with one attached hydrogen (secondary N) is 1. The Hall–Kier alpha value is -3.29. The molecule has 7 nitrogen and oxygen atoms in total. The Kier molecular flexibility index (Phi) is 5.74. The summed E-state index contributed by atoms with van der Waals surface area (Å²) < 4.78 is 13.5. The quantitative estimate of drug-likeness (QED) is 0.840. The van der Waals surface area contributed by atoms with Crippen LogP contribution in [0.5, 0.6) is 0 Å². The zero-order chi connectivity index (χ0) is 21.1. The highest BCUT2D eigenvalue weighted by atomic mass is 19.1. The SMILES string of the molecule is Cc1cccc(NC(=O)[C@@H]2CCCN(C(=O)[C@H]3CC(c4cccc(F)c4)=NO3)C2)n1. The summed E-state index contributed by atoms with van der Waals surface area (Å²) in [6, 6.07) is 11.5. The van der Waals surface area contributed by atoms with E-state index in [1.807, 2.05) is 19.1 Å². The summed E-state index contributed by atoms with van der Waals surface area (Å²) in [7, 11) is 0. The third kappa shape index (κ3) is 4.48. The number of piperidine rings is 1. The molecule has 0 unspecified atom stereocenters. The average Bonchev–Trinajstić information content (AvgIpc) is 3.24. The Morgan fingerprint density at radius 3 is 2.87 bits per heavy atom. The van der Waals surface area contributed by atoms with Crippen LogP contribution in [0.2, 0.25) is 0 Å². The van der Waals surface area contributed by atoms with Crippen LogP contribution in [0.3, 0.4) is 0 Å². The number of oxime groups is 1. The van der Waals surface area contributed by atoms with Crippen LogP contribution < -0.4 is 5.32 Å². The molecule has 30 heavy (non-hydrogen) atoms. The average molecular weight is 410 g/mol. The second kappa shape index (κ2) is 8.61. The number of carbonyl (C=O) groups excluding carboxylic acids is 2. The molecule has 0 bridgehead atoms. The van der Waals surface area contributed by atoms with Crippen LogP contribution in [0.25, 0.3) is 0 Å². The second-order valence-electron chi connectivity index (χ2n) is 7.62. The number of aryl methyl sites for hydroxylation is 1. The summed E-state index contributed by atoms with van der Waals surface area (Å²) in [4.78, 5) is 36.9. The standard InChI is InChI=1S/C22H23FN4O3/c1-14-5-2-9-20(24-14)25-21(28)16-7-4-10-27(13-16)22(29)19-12-18(26-30-19)15-6-3-8-17(23)11-15/h2-3,5-6,8-9,11,16,19H,4,7,10,12-13H2,1H3,(H,24,25,28)/t16-,19-/m1/s1. The van der Waals surface area contributed by atoms with E-state index in [1.165, 1.54) is 12.1 Å². The van der Waals surface area contributed by atoms with Gasteiger partial charge in [0.05, 0.1) is 11.6 Å². The van der Waals surface area contributed by atoms with E-state index in [-0.39, 0.29) is 30.0 Å². The molecular formula is C22H23FN4O3. The van der Waals surface area contributed by atoms with E-state index >= 15 is 0 Å². The van der Waals surface area contributed by atoms with Crippen LogP contribution in [0, 0.1) is 18.7 Å². The second-order valence-corrected chi connectivity index (χ2v) is 7.62. The van der Waals surface area contributed by atoms with Crippen molar-refractivity contribution in [1.29, 1.82) is 0 Å². The van der Waals surface area contributed by atoms with E-state index in [4.69, 9.17) is 4.84 Å². The number of amides is 2. The maximum atomic E-state index is 13.5. The van der Waals surface area contributed by atoms with Crippen LogP contribution in [0.15, 0.2) is 47.6 Å². The molecule has 1 N–H and O–H groups in total. The number of halogens is 1. The molecule has 8 heteroatoms. The van der Waals surface area contributed by atoms with Crippen molar-refractivity contribution in [3.8, 4) is 0 Å². The molecule has 1 saturated heterocycles. The number of hydrogen-bond donors (Lipinski definition) is 1. The zero-order valence-electron chi connectivity index (χ0n) is 16.7. The van der Waals surface area contributed by atoms with Crippen molar-refractivity contribution < 1.29 is 18.8 Å². The minimum atomic E-state index is -0.747. The normalized spacial score (nSPS) is 21.0. The lowest BCUT2D eigenvalue weighted by Gasteiger charge is -2.33. The van der Waals surface area contributed by atoms with Crippen LogP contribution in [0.1, 0.15) is 30.5 Å². The van der Waals surface area contributed by atoms with Crippen molar-refractivity contribution in [2.24, 2.45) is 11.1 Å². The van der Waals surface area contributed by atoms with Crippen molar-refractivity contribution >= 4 is 23.3 Å². The largest absolute Gasteiger partial charge is 0.382 e. The Balaban J connectivity index is 1.35. The molecule has 156 valence electrons. The first-order chi connectivity index (χ1) is 14.5. The molecule has 3 heterocycles. The molecular weight excluding hydrogens is 387 g/mol. The van der Waals surface area contributed by atoms with Crippen molar-refractivity contribution in [2.75, 3.05) is 18.4 Å². The van der Waals surface area contributed by atoms with Crippen molar-refractivity contribution in [3.63, 3.8) is 0 Å². The van der Waals surface area contributed by atoms with E-state index in [1.54, 1.807) is 23.1 Å². The van der Waals surface area contributed by atoms with Crippen molar-refractivity contribution in [2.45, 2.75) is 32.3 Å². The molecule has 0 spiro atoms. The molecule has 0 saturated carbocycles.